The molecular formula is C18H16Cl2N4O4. The van der Waals surface area contributed by atoms with Crippen LogP contribution in [0.2, 0.25) is 10.0 Å². The molecule has 1 amide bonds. The molecule has 0 aliphatic rings. The van der Waals surface area contributed by atoms with Gasteiger partial charge in [0.05, 0.1) is 10.0 Å². The Balaban J connectivity index is 1.86. The first kappa shape index (κ1) is 19.9. The molecule has 1 aromatic carbocycles. The zero-order valence-corrected chi connectivity index (χ0v) is 16.8. The van der Waals surface area contributed by atoms with Crippen LogP contribution in [0.25, 0.3) is 10.9 Å². The van der Waals surface area contributed by atoms with E-state index in [1.165, 1.54) is 20.2 Å². The lowest BCUT2D eigenvalue weighted by Crippen LogP contribution is -2.38. The summed E-state index contributed by atoms with van der Waals surface area (Å²) in [5.41, 5.74) is 0.0717. The van der Waals surface area contributed by atoms with E-state index in [2.05, 4.69) is 10.3 Å². The number of carbonyl (C=O) groups is 1. The van der Waals surface area contributed by atoms with Gasteiger partial charge in [-0.1, -0.05) is 23.2 Å². The van der Waals surface area contributed by atoms with E-state index < -0.39 is 23.8 Å². The lowest BCUT2D eigenvalue weighted by molar-refractivity contribution is -0.118. The number of fused-ring (bicyclic) bond motifs is 1. The van der Waals surface area contributed by atoms with Crippen molar-refractivity contribution in [3.8, 4) is 5.75 Å². The second-order valence-electron chi connectivity index (χ2n) is 6.12. The Morgan fingerprint density at radius 2 is 1.86 bits per heavy atom. The van der Waals surface area contributed by atoms with Gasteiger partial charge in [0.1, 0.15) is 11.3 Å². The molecule has 3 aromatic rings. The molecule has 0 aliphatic carbocycles. The van der Waals surface area contributed by atoms with Crippen molar-refractivity contribution in [1.82, 2.24) is 14.1 Å². The maximum absolute atomic E-state index is 12.3. The van der Waals surface area contributed by atoms with Crippen molar-refractivity contribution in [2.75, 3.05) is 11.9 Å². The molecule has 10 heteroatoms. The number of aryl methyl sites for hydroxylation is 1. The van der Waals surface area contributed by atoms with Crippen molar-refractivity contribution in [3.05, 3.63) is 60.8 Å². The summed E-state index contributed by atoms with van der Waals surface area (Å²) < 4.78 is 7.66. The Morgan fingerprint density at radius 3 is 2.57 bits per heavy atom. The molecule has 2 heterocycles. The molecule has 0 spiro atoms. The minimum Gasteiger partial charge on any atom is -0.480 e. The number of nitrogens with one attached hydrogen (secondary N) is 1. The van der Waals surface area contributed by atoms with Crippen LogP contribution in [-0.4, -0.2) is 26.6 Å². The Bertz CT molecular complexity index is 1220. The van der Waals surface area contributed by atoms with Crippen LogP contribution in [0, 0.1) is 6.92 Å². The fourth-order valence-corrected chi connectivity index (χ4v) is 3.17. The van der Waals surface area contributed by atoms with Gasteiger partial charge in [0.25, 0.3) is 11.5 Å². The van der Waals surface area contributed by atoms with Gasteiger partial charge in [-0.15, -0.1) is 0 Å². The van der Waals surface area contributed by atoms with Crippen molar-refractivity contribution in [2.45, 2.75) is 6.92 Å². The maximum atomic E-state index is 12.3. The zero-order chi connectivity index (χ0) is 20.6. The number of nitrogens with zero attached hydrogens (tertiary/aromatic N) is 3. The number of rotatable bonds is 4. The summed E-state index contributed by atoms with van der Waals surface area (Å²) in [7, 11) is 2.79. The van der Waals surface area contributed by atoms with Gasteiger partial charge in [-0.05, 0) is 25.1 Å². The fourth-order valence-electron chi connectivity index (χ4n) is 2.60. The minimum atomic E-state index is -0.574. The highest BCUT2D eigenvalue weighted by Crippen LogP contribution is 2.37. The summed E-state index contributed by atoms with van der Waals surface area (Å²) in [6.07, 6.45) is 0. The van der Waals surface area contributed by atoms with E-state index >= 15 is 0 Å². The second kappa shape index (κ2) is 7.65. The third-order valence-corrected chi connectivity index (χ3v) is 4.71. The van der Waals surface area contributed by atoms with E-state index in [9.17, 15) is 14.4 Å². The van der Waals surface area contributed by atoms with Crippen LogP contribution in [0.3, 0.4) is 0 Å². The number of halogens is 2. The minimum absolute atomic E-state index is 0.0581. The van der Waals surface area contributed by atoms with Crippen LogP contribution in [0.1, 0.15) is 5.69 Å². The number of aromatic nitrogens is 3. The highest BCUT2D eigenvalue weighted by atomic mass is 35.5. The van der Waals surface area contributed by atoms with Crippen molar-refractivity contribution >= 4 is 45.8 Å². The monoisotopic (exact) mass is 422 g/mol. The van der Waals surface area contributed by atoms with Gasteiger partial charge in [0.15, 0.2) is 12.4 Å². The Hall–Kier alpha value is -2.84. The van der Waals surface area contributed by atoms with Gasteiger partial charge in [0, 0.05) is 31.2 Å². The van der Waals surface area contributed by atoms with Gasteiger partial charge in [-0.2, -0.15) is 0 Å². The average molecular weight is 423 g/mol. The summed E-state index contributed by atoms with van der Waals surface area (Å²) in [6.45, 7) is 1.40. The predicted molar refractivity (Wildman–Crippen MR) is 108 cm³/mol. The Morgan fingerprint density at radius 1 is 1.14 bits per heavy atom. The third kappa shape index (κ3) is 3.74. The Labute approximate surface area is 169 Å². The van der Waals surface area contributed by atoms with Crippen molar-refractivity contribution < 1.29 is 9.53 Å². The van der Waals surface area contributed by atoms with Gasteiger partial charge >= 0.3 is 5.69 Å². The Kier molecular flexibility index (Phi) is 5.44. The van der Waals surface area contributed by atoms with Gasteiger partial charge < -0.3 is 10.1 Å². The molecule has 0 unspecified atom stereocenters. The number of pyridine rings is 1. The molecule has 0 radical (unpaired) electrons. The van der Waals surface area contributed by atoms with Crippen LogP contribution in [-0.2, 0) is 18.9 Å². The number of hydrogen-bond acceptors (Lipinski definition) is 5. The molecule has 2 aromatic heterocycles. The number of ether oxygens (including phenoxy) is 1. The van der Waals surface area contributed by atoms with Crippen molar-refractivity contribution in [1.29, 1.82) is 0 Å². The van der Waals surface area contributed by atoms with Crippen molar-refractivity contribution in [2.24, 2.45) is 14.1 Å². The van der Waals surface area contributed by atoms with Gasteiger partial charge in [-0.3, -0.25) is 18.7 Å². The molecule has 28 heavy (non-hydrogen) atoms. The summed E-state index contributed by atoms with van der Waals surface area (Å²) in [4.78, 5) is 40.4. The van der Waals surface area contributed by atoms with E-state index in [4.69, 9.17) is 27.9 Å². The van der Waals surface area contributed by atoms with Crippen LogP contribution >= 0.6 is 23.2 Å². The predicted octanol–water partition coefficient (Wildman–Crippen LogP) is 2.26. The first-order chi connectivity index (χ1) is 13.2. The average Bonchev–Trinajstić information content (AvgIpc) is 2.63. The second-order valence-corrected chi connectivity index (χ2v) is 6.94. The number of carbonyl (C=O) groups excluding carboxylic acids is 1. The zero-order valence-electron chi connectivity index (χ0n) is 15.2. The highest BCUT2D eigenvalue weighted by Gasteiger charge is 2.16. The molecule has 8 nitrogen and oxygen atoms in total. The molecule has 0 saturated carbocycles. The summed E-state index contributed by atoms with van der Waals surface area (Å²) in [5, 5.41) is 3.74. The molecule has 0 aliphatic heterocycles. The topological polar surface area (TPSA) is 95.2 Å². The van der Waals surface area contributed by atoms with E-state index in [1.54, 1.807) is 19.1 Å². The molecular weight excluding hydrogens is 407 g/mol. The fraction of sp³-hybridized carbons (Fsp3) is 0.222. The number of amides is 1. The van der Waals surface area contributed by atoms with Crippen LogP contribution in [0.15, 0.2) is 33.9 Å². The van der Waals surface area contributed by atoms with Crippen molar-refractivity contribution in [3.63, 3.8) is 0 Å². The van der Waals surface area contributed by atoms with Crippen LogP contribution in [0.4, 0.5) is 5.82 Å². The highest BCUT2D eigenvalue weighted by molar-refractivity contribution is 6.39. The lowest BCUT2D eigenvalue weighted by atomic mass is 10.2. The normalized spacial score (nSPS) is 10.9. The summed E-state index contributed by atoms with van der Waals surface area (Å²) in [6, 6.07) is 6.25. The molecule has 0 bridgehead atoms. The quantitative estimate of drug-likeness (QED) is 0.695. The molecule has 1 N–H and O–H groups in total. The standard InChI is InChI=1S/C18H16Cl2N4O4/c1-9-4-5-10-11(19)6-12(20)17(16(10)21-9)28-8-14(25)22-13-7-15(26)24(3)18(27)23(13)2/h4-7H,8H2,1-3H3,(H,22,25). The summed E-state index contributed by atoms with van der Waals surface area (Å²) in [5.74, 6) is -0.296. The molecule has 0 saturated heterocycles. The largest absolute Gasteiger partial charge is 0.480 e. The third-order valence-electron chi connectivity index (χ3n) is 4.12. The summed E-state index contributed by atoms with van der Waals surface area (Å²) >= 11 is 12.4. The SMILES string of the molecule is Cc1ccc2c(Cl)cc(Cl)c(OCC(=O)Nc3cc(=O)n(C)c(=O)n3C)c2n1. The number of anilines is 1. The first-order valence-electron chi connectivity index (χ1n) is 8.14. The molecule has 0 fully saturated rings. The molecule has 146 valence electrons. The van der Waals surface area contributed by atoms with E-state index in [-0.39, 0.29) is 16.6 Å². The molecule has 0 atom stereocenters. The smallest absolute Gasteiger partial charge is 0.332 e. The molecule has 3 rings (SSSR count). The van der Waals surface area contributed by atoms with Crippen LogP contribution in [0.5, 0.6) is 5.75 Å². The van der Waals surface area contributed by atoms with E-state index in [0.717, 1.165) is 20.9 Å². The van der Waals surface area contributed by atoms with Gasteiger partial charge in [-0.25, -0.2) is 9.78 Å². The van der Waals surface area contributed by atoms with Gasteiger partial charge in [0.2, 0.25) is 0 Å². The number of hydrogen-bond donors (Lipinski definition) is 1. The number of benzene rings is 1. The van der Waals surface area contributed by atoms with E-state index in [1.807, 2.05) is 0 Å². The van der Waals surface area contributed by atoms with E-state index in [0.29, 0.717) is 15.9 Å². The lowest BCUT2D eigenvalue weighted by Gasteiger charge is -2.13. The van der Waals surface area contributed by atoms with Crippen LogP contribution < -0.4 is 21.3 Å². The maximum Gasteiger partial charge on any atom is 0.332 e. The first-order valence-corrected chi connectivity index (χ1v) is 8.89.